The fraction of sp³-hybridized carbons (Fsp3) is 0.125. The van der Waals surface area contributed by atoms with Gasteiger partial charge in [-0.3, -0.25) is 19.9 Å². The van der Waals surface area contributed by atoms with Crippen LogP contribution in [0, 0.1) is 0 Å². The van der Waals surface area contributed by atoms with E-state index in [-0.39, 0.29) is 11.3 Å². The largest absolute Gasteiger partial charge is 0.440 e. The van der Waals surface area contributed by atoms with E-state index in [4.69, 9.17) is 0 Å². The van der Waals surface area contributed by atoms with Crippen LogP contribution < -0.4 is 15.5 Å². The van der Waals surface area contributed by atoms with Crippen LogP contribution in [0.15, 0.2) is 54.9 Å². The number of hydrogen-bond acceptors (Lipinski definition) is 4. The molecular formula is C16H11F3N4O3. The second-order valence-electron chi connectivity index (χ2n) is 5.35. The Labute approximate surface area is 144 Å². The van der Waals surface area contributed by atoms with Gasteiger partial charge in [0.05, 0.1) is 11.3 Å². The zero-order chi connectivity index (χ0) is 18.9. The zero-order valence-electron chi connectivity index (χ0n) is 12.9. The normalized spacial score (nSPS) is 20.0. The predicted octanol–water partition coefficient (Wildman–Crippen LogP) is 1.83. The number of para-hydroxylation sites is 1. The van der Waals surface area contributed by atoms with Crippen molar-refractivity contribution >= 4 is 23.5 Å². The van der Waals surface area contributed by atoms with Crippen LogP contribution >= 0.6 is 0 Å². The maximum absolute atomic E-state index is 13.7. The van der Waals surface area contributed by atoms with E-state index in [0.717, 1.165) is 6.20 Å². The van der Waals surface area contributed by atoms with Crippen LogP contribution in [0.4, 0.5) is 23.7 Å². The van der Waals surface area contributed by atoms with Crippen molar-refractivity contribution in [1.82, 2.24) is 15.6 Å². The van der Waals surface area contributed by atoms with Gasteiger partial charge in [-0.1, -0.05) is 18.2 Å². The van der Waals surface area contributed by atoms with Crippen molar-refractivity contribution in [1.29, 1.82) is 0 Å². The van der Waals surface area contributed by atoms with Gasteiger partial charge in [0.25, 0.3) is 17.5 Å². The molecule has 1 atom stereocenters. The number of pyridine rings is 1. The van der Waals surface area contributed by atoms with E-state index in [0.29, 0.717) is 4.90 Å². The van der Waals surface area contributed by atoms with E-state index in [1.54, 1.807) is 16.7 Å². The minimum absolute atomic E-state index is 0.0586. The molecule has 2 heterocycles. The molecule has 0 radical (unpaired) electrons. The Morgan fingerprint density at radius 3 is 2.38 bits per heavy atom. The SMILES string of the molecule is O=C(N[C@@]1(C(F)(F)F)NC(=O)N(c2ccccc2)C1=O)c1cccnc1. The smallest absolute Gasteiger partial charge is 0.314 e. The summed E-state index contributed by atoms with van der Waals surface area (Å²) in [5, 5.41) is 3.17. The number of hydrogen-bond donors (Lipinski definition) is 2. The van der Waals surface area contributed by atoms with Gasteiger partial charge in [0.1, 0.15) is 0 Å². The first kappa shape index (κ1) is 17.4. The number of carbonyl (C=O) groups excluding carboxylic acids is 3. The first-order valence-electron chi connectivity index (χ1n) is 7.27. The van der Waals surface area contributed by atoms with E-state index in [9.17, 15) is 27.6 Å². The third kappa shape index (κ3) is 2.75. The van der Waals surface area contributed by atoms with Gasteiger partial charge in [0.15, 0.2) is 0 Å². The Morgan fingerprint density at radius 2 is 1.81 bits per heavy atom. The standard InChI is InChI=1S/C16H11F3N4O3/c17-16(18,19)15(21-12(24)10-5-4-8-20-9-10)13(25)23(14(26)22-15)11-6-2-1-3-7-11/h1-9H,(H,21,24)(H,22,26)/t15-/m1/s1. The number of rotatable bonds is 3. The van der Waals surface area contributed by atoms with Gasteiger partial charge >= 0.3 is 12.2 Å². The molecule has 0 spiro atoms. The molecule has 4 amide bonds. The number of benzene rings is 1. The lowest BCUT2D eigenvalue weighted by atomic mass is 10.1. The minimum atomic E-state index is -5.28. The lowest BCUT2D eigenvalue weighted by molar-refractivity contribution is -0.197. The van der Waals surface area contributed by atoms with Crippen molar-refractivity contribution in [3.63, 3.8) is 0 Å². The molecule has 1 aromatic carbocycles. The summed E-state index contributed by atoms with van der Waals surface area (Å²) in [6.07, 6.45) is -2.91. The van der Waals surface area contributed by atoms with Crippen molar-refractivity contribution in [3.8, 4) is 0 Å². The van der Waals surface area contributed by atoms with Gasteiger partial charge in [0, 0.05) is 12.4 Å². The third-order valence-corrected chi connectivity index (χ3v) is 3.69. The van der Waals surface area contributed by atoms with E-state index < -0.39 is 29.7 Å². The Balaban J connectivity index is 2.00. The number of imide groups is 1. The van der Waals surface area contributed by atoms with Gasteiger partial charge in [0.2, 0.25) is 0 Å². The summed E-state index contributed by atoms with van der Waals surface area (Å²) >= 11 is 0. The molecule has 0 saturated carbocycles. The van der Waals surface area contributed by atoms with E-state index in [2.05, 4.69) is 4.98 Å². The summed E-state index contributed by atoms with van der Waals surface area (Å²) in [4.78, 5) is 40.8. The van der Waals surface area contributed by atoms with E-state index >= 15 is 0 Å². The number of nitrogens with one attached hydrogen (secondary N) is 2. The van der Waals surface area contributed by atoms with Gasteiger partial charge in [-0.05, 0) is 24.3 Å². The number of anilines is 1. The van der Waals surface area contributed by atoms with Crippen LogP contribution in [0.1, 0.15) is 10.4 Å². The number of halogens is 3. The molecule has 7 nitrogen and oxygen atoms in total. The van der Waals surface area contributed by atoms with Crippen LogP contribution in [-0.4, -0.2) is 34.7 Å². The molecule has 1 aliphatic rings. The Hall–Kier alpha value is -3.43. The van der Waals surface area contributed by atoms with E-state index in [1.165, 1.54) is 42.6 Å². The highest BCUT2D eigenvalue weighted by Gasteiger charge is 2.69. The second-order valence-corrected chi connectivity index (χ2v) is 5.35. The Morgan fingerprint density at radius 1 is 1.12 bits per heavy atom. The van der Waals surface area contributed by atoms with Crippen LogP contribution in [0.25, 0.3) is 0 Å². The van der Waals surface area contributed by atoms with Crippen molar-refractivity contribution in [3.05, 3.63) is 60.4 Å². The summed E-state index contributed by atoms with van der Waals surface area (Å²) in [6, 6.07) is 8.35. The number of aromatic nitrogens is 1. The molecule has 2 N–H and O–H groups in total. The quantitative estimate of drug-likeness (QED) is 0.813. The van der Waals surface area contributed by atoms with Crippen molar-refractivity contribution in [2.45, 2.75) is 11.8 Å². The molecule has 0 aliphatic carbocycles. The van der Waals surface area contributed by atoms with Crippen LogP contribution in [0.5, 0.6) is 0 Å². The van der Waals surface area contributed by atoms with Gasteiger partial charge in [-0.15, -0.1) is 0 Å². The number of carbonyl (C=O) groups is 3. The fourth-order valence-corrected chi connectivity index (χ4v) is 2.43. The molecule has 0 bridgehead atoms. The number of alkyl halides is 3. The molecular weight excluding hydrogens is 353 g/mol. The number of amides is 4. The lowest BCUT2D eigenvalue weighted by Crippen LogP contribution is -2.69. The summed E-state index contributed by atoms with van der Waals surface area (Å²) in [7, 11) is 0. The fourth-order valence-electron chi connectivity index (χ4n) is 2.43. The highest BCUT2D eigenvalue weighted by atomic mass is 19.4. The molecule has 1 saturated heterocycles. The molecule has 10 heteroatoms. The van der Waals surface area contributed by atoms with Crippen LogP contribution in [0.3, 0.4) is 0 Å². The average molecular weight is 364 g/mol. The summed E-state index contributed by atoms with van der Waals surface area (Å²) < 4.78 is 41.1. The number of nitrogens with zero attached hydrogens (tertiary/aromatic N) is 2. The zero-order valence-corrected chi connectivity index (χ0v) is 12.9. The maximum atomic E-state index is 13.7. The molecule has 1 aliphatic heterocycles. The molecule has 3 rings (SSSR count). The van der Waals surface area contributed by atoms with Gasteiger partial charge < -0.3 is 5.32 Å². The maximum Gasteiger partial charge on any atom is 0.440 e. The monoisotopic (exact) mass is 364 g/mol. The summed E-state index contributed by atoms with van der Waals surface area (Å²) in [5.74, 6) is -2.86. The second kappa shape index (κ2) is 6.14. The molecule has 1 aromatic heterocycles. The topological polar surface area (TPSA) is 91.4 Å². The summed E-state index contributed by atoms with van der Waals surface area (Å²) in [5.41, 5.74) is -3.83. The molecule has 0 unspecified atom stereocenters. The third-order valence-electron chi connectivity index (χ3n) is 3.69. The average Bonchev–Trinajstić information content (AvgIpc) is 2.87. The van der Waals surface area contributed by atoms with Gasteiger partial charge in [-0.25, -0.2) is 9.69 Å². The first-order chi connectivity index (χ1) is 12.3. The molecule has 26 heavy (non-hydrogen) atoms. The number of urea groups is 1. The first-order valence-corrected chi connectivity index (χ1v) is 7.27. The van der Waals surface area contributed by atoms with E-state index in [1.807, 2.05) is 0 Å². The summed E-state index contributed by atoms with van der Waals surface area (Å²) in [6.45, 7) is 0. The minimum Gasteiger partial charge on any atom is -0.314 e. The highest BCUT2D eigenvalue weighted by molar-refractivity contribution is 6.24. The Bertz CT molecular complexity index is 858. The molecule has 1 fully saturated rings. The highest BCUT2D eigenvalue weighted by Crippen LogP contribution is 2.35. The molecule has 2 aromatic rings. The predicted molar refractivity (Wildman–Crippen MR) is 82.9 cm³/mol. The van der Waals surface area contributed by atoms with Crippen molar-refractivity contribution in [2.75, 3.05) is 4.90 Å². The van der Waals surface area contributed by atoms with Gasteiger partial charge in [-0.2, -0.15) is 13.2 Å². The Kier molecular flexibility index (Phi) is 4.10. The van der Waals surface area contributed by atoms with Crippen LogP contribution in [0.2, 0.25) is 0 Å². The van der Waals surface area contributed by atoms with Crippen molar-refractivity contribution < 1.29 is 27.6 Å². The van der Waals surface area contributed by atoms with Crippen LogP contribution in [-0.2, 0) is 4.79 Å². The lowest BCUT2D eigenvalue weighted by Gasteiger charge is -2.29. The molecule has 134 valence electrons. The van der Waals surface area contributed by atoms with Crippen molar-refractivity contribution in [2.24, 2.45) is 0 Å².